The first-order valence-electron chi connectivity index (χ1n) is 5.44. The zero-order valence-corrected chi connectivity index (χ0v) is 9.96. The van der Waals surface area contributed by atoms with Crippen LogP contribution in [0.1, 0.15) is 6.92 Å². The highest BCUT2D eigenvalue weighted by Gasteiger charge is 2.48. The lowest BCUT2D eigenvalue weighted by Gasteiger charge is -2.17. The summed E-state index contributed by atoms with van der Waals surface area (Å²) in [4.78, 5) is 23.6. The first-order chi connectivity index (χ1) is 8.65. The summed E-state index contributed by atoms with van der Waals surface area (Å²) in [7, 11) is 0. The maximum atomic E-state index is 12.3. The Labute approximate surface area is 105 Å². The molecule has 1 aromatic carbocycles. The van der Waals surface area contributed by atoms with Gasteiger partial charge in [-0.1, -0.05) is 24.8 Å². The predicted octanol–water partition coefficient (Wildman–Crippen LogP) is 1.94. The van der Waals surface area contributed by atoms with Gasteiger partial charge < -0.3 is 4.79 Å². The van der Waals surface area contributed by atoms with Crippen LogP contribution in [0.15, 0.2) is 53.8 Å². The molecule has 1 aromatic rings. The van der Waals surface area contributed by atoms with Crippen molar-refractivity contribution in [2.24, 2.45) is 10.5 Å². The molecule has 0 aromatic heterocycles. The maximum absolute atomic E-state index is 12.3. The summed E-state index contributed by atoms with van der Waals surface area (Å²) >= 11 is 0. The Kier molecular flexibility index (Phi) is 2.96. The van der Waals surface area contributed by atoms with Crippen LogP contribution in [0, 0.1) is 5.41 Å². The summed E-state index contributed by atoms with van der Waals surface area (Å²) in [6.45, 7) is 5.06. The topological polar surface area (TPSA) is 49.7 Å². The van der Waals surface area contributed by atoms with Gasteiger partial charge in [-0.15, -0.1) is 5.73 Å². The first-order valence-corrected chi connectivity index (χ1v) is 5.44. The Morgan fingerprint density at radius 3 is 2.61 bits per heavy atom. The van der Waals surface area contributed by atoms with Crippen LogP contribution in [-0.2, 0) is 9.59 Å². The fraction of sp³-hybridized carbons (Fsp3) is 0.143. The van der Waals surface area contributed by atoms with Crippen molar-refractivity contribution in [2.45, 2.75) is 6.92 Å². The lowest BCUT2D eigenvalue weighted by molar-refractivity contribution is -0.127. The minimum absolute atomic E-state index is 0.405. The molecule has 4 nitrogen and oxygen atoms in total. The zero-order chi connectivity index (χ0) is 13.2. The van der Waals surface area contributed by atoms with Crippen molar-refractivity contribution >= 4 is 23.6 Å². The molecule has 1 aliphatic rings. The van der Waals surface area contributed by atoms with Crippen molar-refractivity contribution in [3.05, 3.63) is 48.7 Å². The summed E-state index contributed by atoms with van der Waals surface area (Å²) in [6, 6.07) is 8.97. The second-order valence-corrected chi connectivity index (χ2v) is 3.97. The van der Waals surface area contributed by atoms with E-state index in [-0.39, 0.29) is 0 Å². The number of carbonyl (C=O) groups excluding carboxylic acids is 2. The van der Waals surface area contributed by atoms with Gasteiger partial charge >= 0.3 is 0 Å². The van der Waals surface area contributed by atoms with Gasteiger partial charge in [0, 0.05) is 0 Å². The summed E-state index contributed by atoms with van der Waals surface area (Å²) < 4.78 is 0. The zero-order valence-electron chi connectivity index (χ0n) is 9.96. The van der Waals surface area contributed by atoms with E-state index in [1.807, 2.05) is 6.07 Å². The fourth-order valence-corrected chi connectivity index (χ4v) is 1.85. The summed E-state index contributed by atoms with van der Waals surface area (Å²) in [5.74, 6) is -0.405. The normalized spacial score (nSPS) is 22.4. The third kappa shape index (κ3) is 1.60. The minimum Gasteiger partial charge on any atom is -0.301 e. The lowest BCUT2D eigenvalue weighted by Crippen LogP contribution is -2.38. The molecule has 1 heterocycles. The second kappa shape index (κ2) is 4.43. The number of nitrogens with zero attached hydrogens (tertiary/aromatic N) is 2. The third-order valence-corrected chi connectivity index (χ3v) is 2.91. The Hall–Kier alpha value is -2.45. The van der Waals surface area contributed by atoms with Crippen LogP contribution in [0.5, 0.6) is 0 Å². The van der Waals surface area contributed by atoms with Gasteiger partial charge in [-0.05, 0) is 25.1 Å². The minimum atomic E-state index is -1.36. The first kappa shape index (κ1) is 12.0. The Bertz CT molecular complexity index is 571. The summed E-state index contributed by atoms with van der Waals surface area (Å²) in [6.07, 6.45) is 1.93. The molecular weight excluding hydrogens is 228 g/mol. The van der Waals surface area contributed by atoms with Gasteiger partial charge in [0.05, 0.1) is 11.4 Å². The highest BCUT2D eigenvalue weighted by molar-refractivity contribution is 6.28. The molecule has 0 fully saturated rings. The molecule has 1 atom stereocenters. The van der Waals surface area contributed by atoms with Gasteiger partial charge in [-0.25, -0.2) is 0 Å². The van der Waals surface area contributed by atoms with E-state index >= 15 is 0 Å². The molecule has 0 spiro atoms. The Morgan fingerprint density at radius 2 is 2.06 bits per heavy atom. The van der Waals surface area contributed by atoms with E-state index in [0.29, 0.717) is 17.7 Å². The highest BCUT2D eigenvalue weighted by atomic mass is 16.2. The molecule has 0 saturated heterocycles. The molecule has 1 unspecified atom stereocenters. The van der Waals surface area contributed by atoms with E-state index in [2.05, 4.69) is 17.4 Å². The number of benzene rings is 1. The van der Waals surface area contributed by atoms with Crippen molar-refractivity contribution in [3.63, 3.8) is 0 Å². The standard InChI is InChI=1S/C14H12N2O2/c1-3-9-14(10-17)11(2)15-16(13(14)18)12-7-5-4-6-8-12/h4-10H,1H2,2H3. The van der Waals surface area contributed by atoms with E-state index in [1.54, 1.807) is 31.2 Å². The molecule has 1 amide bonds. The van der Waals surface area contributed by atoms with Gasteiger partial charge in [-0.2, -0.15) is 10.1 Å². The summed E-state index contributed by atoms with van der Waals surface area (Å²) in [5.41, 5.74) is 2.18. The van der Waals surface area contributed by atoms with E-state index in [9.17, 15) is 9.59 Å². The van der Waals surface area contributed by atoms with Gasteiger partial charge in [0.15, 0.2) is 5.41 Å². The smallest absolute Gasteiger partial charge is 0.271 e. The molecule has 1 aliphatic heterocycles. The van der Waals surface area contributed by atoms with E-state index in [1.165, 1.54) is 11.1 Å². The van der Waals surface area contributed by atoms with Crippen LogP contribution in [0.3, 0.4) is 0 Å². The number of rotatable bonds is 3. The van der Waals surface area contributed by atoms with Gasteiger partial charge in [-0.3, -0.25) is 4.79 Å². The van der Waals surface area contributed by atoms with Crippen LogP contribution < -0.4 is 5.01 Å². The second-order valence-electron chi connectivity index (χ2n) is 3.97. The maximum Gasteiger partial charge on any atom is 0.271 e. The van der Waals surface area contributed by atoms with Crippen LogP contribution in [0.4, 0.5) is 5.69 Å². The number of carbonyl (C=O) groups is 2. The fourth-order valence-electron chi connectivity index (χ4n) is 1.85. The van der Waals surface area contributed by atoms with Crippen molar-refractivity contribution in [1.29, 1.82) is 0 Å². The average molecular weight is 240 g/mol. The van der Waals surface area contributed by atoms with Gasteiger partial charge in [0.25, 0.3) is 5.91 Å². The summed E-state index contributed by atoms with van der Waals surface area (Å²) in [5, 5.41) is 5.39. The van der Waals surface area contributed by atoms with Crippen LogP contribution in [-0.4, -0.2) is 17.9 Å². The van der Waals surface area contributed by atoms with Gasteiger partial charge in [0.1, 0.15) is 6.29 Å². The van der Waals surface area contributed by atoms with Gasteiger partial charge in [0.2, 0.25) is 0 Å². The molecule has 90 valence electrons. The van der Waals surface area contributed by atoms with E-state index in [4.69, 9.17) is 0 Å². The highest BCUT2D eigenvalue weighted by Crippen LogP contribution is 2.32. The molecular formula is C14H12N2O2. The molecule has 0 N–H and O–H groups in total. The van der Waals surface area contributed by atoms with Crippen LogP contribution in [0.25, 0.3) is 0 Å². The van der Waals surface area contributed by atoms with Crippen molar-refractivity contribution in [1.82, 2.24) is 0 Å². The molecule has 0 aliphatic carbocycles. The van der Waals surface area contributed by atoms with Crippen LogP contribution >= 0.6 is 0 Å². The molecule has 4 heteroatoms. The molecule has 0 radical (unpaired) electrons. The van der Waals surface area contributed by atoms with Crippen LogP contribution in [0.2, 0.25) is 0 Å². The van der Waals surface area contributed by atoms with E-state index in [0.717, 1.165) is 0 Å². The molecule has 2 rings (SSSR count). The monoisotopic (exact) mass is 240 g/mol. The molecule has 0 bridgehead atoms. The SMILES string of the molecule is C=C=CC1(C=O)C(=O)N(c2ccccc2)N=C1C. The molecule has 18 heavy (non-hydrogen) atoms. The largest absolute Gasteiger partial charge is 0.301 e. The number of anilines is 1. The number of aldehydes is 1. The number of amides is 1. The predicted molar refractivity (Wildman–Crippen MR) is 69.2 cm³/mol. The van der Waals surface area contributed by atoms with Crippen molar-refractivity contribution < 1.29 is 9.59 Å². The van der Waals surface area contributed by atoms with Crippen molar-refractivity contribution in [2.75, 3.05) is 5.01 Å². The van der Waals surface area contributed by atoms with Crippen molar-refractivity contribution in [3.8, 4) is 0 Å². The quantitative estimate of drug-likeness (QED) is 0.460. The molecule has 0 saturated carbocycles. The lowest BCUT2D eigenvalue weighted by atomic mass is 9.85. The number of hydrogen-bond donors (Lipinski definition) is 0. The number of para-hydroxylation sites is 1. The Balaban J connectivity index is 2.50. The average Bonchev–Trinajstić information content (AvgIpc) is 2.65. The Morgan fingerprint density at radius 1 is 1.39 bits per heavy atom. The number of hydrazone groups is 1. The third-order valence-electron chi connectivity index (χ3n) is 2.91. The number of hydrogen-bond acceptors (Lipinski definition) is 3. The van der Waals surface area contributed by atoms with E-state index < -0.39 is 11.3 Å².